The number of para-hydroxylation sites is 1. The number of hydrogen-bond donors (Lipinski definition) is 1. The standard InChI is InChI=1S/C25H20ClN5O2/c1-15(28-23-22-19(12-7-13-27-22)29-25(30-23)33-2)20-14-16-8-6-11-18(26)21(16)24(32)31(20)17-9-4-3-5-10-17/h3-15H,1-2H3,(H,28,29,30)/t15-/m0/s1. The molecule has 164 valence electrons. The molecule has 1 N–H and O–H groups in total. The van der Waals surface area contributed by atoms with Crippen molar-refractivity contribution in [1.29, 1.82) is 0 Å². The van der Waals surface area contributed by atoms with Crippen molar-refractivity contribution in [2.75, 3.05) is 12.4 Å². The first-order valence-corrected chi connectivity index (χ1v) is 10.8. The molecule has 0 radical (unpaired) electrons. The molecule has 0 amide bonds. The van der Waals surface area contributed by atoms with Crippen LogP contribution in [0.3, 0.4) is 0 Å². The number of nitrogens with zero attached hydrogens (tertiary/aromatic N) is 4. The molecular weight excluding hydrogens is 438 g/mol. The van der Waals surface area contributed by atoms with Gasteiger partial charge in [0.15, 0.2) is 5.82 Å². The molecule has 0 spiro atoms. The average molecular weight is 458 g/mol. The van der Waals surface area contributed by atoms with Crippen LogP contribution >= 0.6 is 11.6 Å². The molecule has 0 unspecified atom stereocenters. The van der Waals surface area contributed by atoms with Gasteiger partial charge in [0.05, 0.1) is 29.1 Å². The summed E-state index contributed by atoms with van der Waals surface area (Å²) in [5.41, 5.74) is 2.59. The molecule has 0 fully saturated rings. The molecule has 33 heavy (non-hydrogen) atoms. The van der Waals surface area contributed by atoms with Crippen molar-refractivity contribution >= 4 is 39.2 Å². The van der Waals surface area contributed by atoms with E-state index >= 15 is 0 Å². The highest BCUT2D eigenvalue weighted by Gasteiger charge is 2.19. The number of ether oxygens (including phenoxy) is 1. The van der Waals surface area contributed by atoms with E-state index in [-0.39, 0.29) is 17.6 Å². The molecule has 2 aromatic carbocycles. The fourth-order valence-electron chi connectivity index (χ4n) is 3.92. The van der Waals surface area contributed by atoms with E-state index < -0.39 is 0 Å². The lowest BCUT2D eigenvalue weighted by molar-refractivity contribution is 0.382. The van der Waals surface area contributed by atoms with E-state index in [1.165, 1.54) is 7.11 Å². The number of hydrogen-bond acceptors (Lipinski definition) is 6. The Bertz CT molecular complexity index is 1540. The van der Waals surface area contributed by atoms with Gasteiger partial charge in [-0.15, -0.1) is 0 Å². The lowest BCUT2D eigenvalue weighted by Gasteiger charge is -2.22. The number of aromatic nitrogens is 4. The molecule has 3 heterocycles. The maximum atomic E-state index is 13.6. The highest BCUT2D eigenvalue weighted by Crippen LogP contribution is 2.29. The van der Waals surface area contributed by atoms with Crippen LogP contribution in [0.5, 0.6) is 6.01 Å². The number of rotatable bonds is 5. The molecule has 3 aromatic heterocycles. The minimum Gasteiger partial charge on any atom is -0.467 e. The van der Waals surface area contributed by atoms with Crippen LogP contribution < -0.4 is 15.6 Å². The Morgan fingerprint density at radius 1 is 1.03 bits per heavy atom. The van der Waals surface area contributed by atoms with Crippen LogP contribution in [-0.4, -0.2) is 26.6 Å². The zero-order chi connectivity index (χ0) is 22.9. The van der Waals surface area contributed by atoms with Crippen molar-refractivity contribution in [3.63, 3.8) is 0 Å². The lowest BCUT2D eigenvalue weighted by atomic mass is 10.1. The third-order valence-corrected chi connectivity index (χ3v) is 5.77. The van der Waals surface area contributed by atoms with Gasteiger partial charge >= 0.3 is 6.01 Å². The minimum atomic E-state index is -0.314. The second kappa shape index (κ2) is 8.52. The molecule has 5 rings (SSSR count). The first-order chi connectivity index (χ1) is 16.1. The van der Waals surface area contributed by atoms with Crippen molar-refractivity contribution in [2.45, 2.75) is 13.0 Å². The van der Waals surface area contributed by atoms with Gasteiger partial charge in [0, 0.05) is 17.6 Å². The lowest BCUT2D eigenvalue weighted by Crippen LogP contribution is -2.26. The van der Waals surface area contributed by atoms with E-state index in [2.05, 4.69) is 20.3 Å². The van der Waals surface area contributed by atoms with Crippen LogP contribution in [0.4, 0.5) is 5.82 Å². The van der Waals surface area contributed by atoms with Crippen LogP contribution in [0.25, 0.3) is 27.5 Å². The Hall–Kier alpha value is -3.97. The summed E-state index contributed by atoms with van der Waals surface area (Å²) in [7, 11) is 1.52. The van der Waals surface area contributed by atoms with Gasteiger partial charge < -0.3 is 10.1 Å². The molecule has 0 bridgehead atoms. The molecule has 0 saturated carbocycles. The van der Waals surface area contributed by atoms with Gasteiger partial charge in [0.2, 0.25) is 0 Å². The molecule has 0 aliphatic heterocycles. The van der Waals surface area contributed by atoms with Gasteiger partial charge in [-0.3, -0.25) is 14.3 Å². The molecule has 7 nitrogen and oxygen atoms in total. The summed E-state index contributed by atoms with van der Waals surface area (Å²) < 4.78 is 6.95. The summed E-state index contributed by atoms with van der Waals surface area (Å²) in [5, 5.41) is 5.08. The first-order valence-electron chi connectivity index (χ1n) is 10.4. The zero-order valence-electron chi connectivity index (χ0n) is 18.0. The normalized spacial score (nSPS) is 12.1. The fraction of sp³-hybridized carbons (Fsp3) is 0.120. The van der Waals surface area contributed by atoms with Crippen molar-refractivity contribution in [3.05, 3.63) is 94.0 Å². The smallest absolute Gasteiger partial charge is 0.318 e. The Balaban J connectivity index is 1.71. The number of methoxy groups -OCH3 is 1. The Kier molecular flexibility index (Phi) is 5.40. The summed E-state index contributed by atoms with van der Waals surface area (Å²) in [5.74, 6) is 0.517. The highest BCUT2D eigenvalue weighted by molar-refractivity contribution is 6.35. The van der Waals surface area contributed by atoms with Gasteiger partial charge in [-0.1, -0.05) is 41.9 Å². The third kappa shape index (κ3) is 3.76. The zero-order valence-corrected chi connectivity index (χ0v) is 18.7. The monoisotopic (exact) mass is 457 g/mol. The number of fused-ring (bicyclic) bond motifs is 2. The number of benzene rings is 2. The van der Waals surface area contributed by atoms with E-state index in [4.69, 9.17) is 16.3 Å². The molecule has 0 saturated heterocycles. The molecule has 1 atom stereocenters. The van der Waals surface area contributed by atoms with Crippen molar-refractivity contribution in [1.82, 2.24) is 19.5 Å². The van der Waals surface area contributed by atoms with Crippen LogP contribution in [0.15, 0.2) is 77.7 Å². The van der Waals surface area contributed by atoms with E-state index in [0.29, 0.717) is 27.3 Å². The molecule has 5 aromatic rings. The Labute approximate surface area is 194 Å². The Morgan fingerprint density at radius 2 is 1.85 bits per heavy atom. The first kappa shape index (κ1) is 20.9. The maximum Gasteiger partial charge on any atom is 0.318 e. The van der Waals surface area contributed by atoms with Gasteiger partial charge in [0.25, 0.3) is 5.56 Å². The number of anilines is 1. The maximum absolute atomic E-state index is 13.6. The highest BCUT2D eigenvalue weighted by atomic mass is 35.5. The summed E-state index contributed by atoms with van der Waals surface area (Å²) in [4.78, 5) is 26.9. The summed E-state index contributed by atoms with van der Waals surface area (Å²) in [6.07, 6.45) is 1.69. The quantitative estimate of drug-likeness (QED) is 0.392. The Morgan fingerprint density at radius 3 is 2.64 bits per heavy atom. The average Bonchev–Trinajstić information content (AvgIpc) is 2.84. The van der Waals surface area contributed by atoms with E-state index in [9.17, 15) is 4.79 Å². The van der Waals surface area contributed by atoms with Gasteiger partial charge in [-0.2, -0.15) is 9.97 Å². The predicted molar refractivity (Wildman–Crippen MR) is 130 cm³/mol. The molecule has 0 aliphatic carbocycles. The van der Waals surface area contributed by atoms with Crippen molar-refractivity contribution < 1.29 is 4.74 Å². The van der Waals surface area contributed by atoms with Gasteiger partial charge in [-0.05, 0) is 48.7 Å². The SMILES string of the molecule is COc1nc(N[C@@H](C)c2cc3cccc(Cl)c3c(=O)n2-c2ccccc2)c2ncccc2n1. The van der Waals surface area contributed by atoms with Crippen LogP contribution in [0, 0.1) is 0 Å². The van der Waals surface area contributed by atoms with Crippen molar-refractivity contribution in [2.24, 2.45) is 0 Å². The van der Waals surface area contributed by atoms with Crippen molar-refractivity contribution in [3.8, 4) is 11.7 Å². The second-order valence-corrected chi connectivity index (χ2v) is 7.95. The van der Waals surface area contributed by atoms with Gasteiger partial charge in [-0.25, -0.2) is 0 Å². The largest absolute Gasteiger partial charge is 0.467 e. The molecular formula is C25H20ClN5O2. The van der Waals surface area contributed by atoms with Crippen LogP contribution in [0.2, 0.25) is 5.02 Å². The topological polar surface area (TPSA) is 81.9 Å². The second-order valence-electron chi connectivity index (χ2n) is 7.55. The molecule has 0 aliphatic rings. The summed E-state index contributed by atoms with van der Waals surface area (Å²) in [6, 6.07) is 20.5. The minimum absolute atomic E-state index is 0.184. The summed E-state index contributed by atoms with van der Waals surface area (Å²) in [6.45, 7) is 1.97. The predicted octanol–water partition coefficient (Wildman–Crippen LogP) is 5.16. The van der Waals surface area contributed by atoms with E-state index in [0.717, 1.165) is 16.8 Å². The van der Waals surface area contributed by atoms with Crippen LogP contribution in [-0.2, 0) is 0 Å². The number of pyridine rings is 2. The summed E-state index contributed by atoms with van der Waals surface area (Å²) >= 11 is 6.41. The fourth-order valence-corrected chi connectivity index (χ4v) is 4.18. The van der Waals surface area contributed by atoms with Gasteiger partial charge in [0.1, 0.15) is 5.52 Å². The van der Waals surface area contributed by atoms with Crippen LogP contribution in [0.1, 0.15) is 18.7 Å². The van der Waals surface area contributed by atoms with E-state index in [1.54, 1.807) is 16.8 Å². The van der Waals surface area contributed by atoms with E-state index in [1.807, 2.05) is 67.6 Å². The third-order valence-electron chi connectivity index (χ3n) is 5.45. The number of nitrogens with one attached hydrogen (secondary N) is 1. The number of halogens is 1. The molecule has 8 heteroatoms.